The van der Waals surface area contributed by atoms with Gasteiger partial charge in [-0.2, -0.15) is 0 Å². The van der Waals surface area contributed by atoms with Gasteiger partial charge in [0.2, 0.25) is 0 Å². The third kappa shape index (κ3) is 7.92. The molecule has 0 radical (unpaired) electrons. The first kappa shape index (κ1) is 16.1. The van der Waals surface area contributed by atoms with Crippen molar-refractivity contribution in [2.75, 3.05) is 0 Å². The zero-order chi connectivity index (χ0) is 14.8. The Morgan fingerprint density at radius 2 is 1.32 bits per heavy atom. The van der Waals surface area contributed by atoms with Gasteiger partial charge in [-0.25, -0.2) is 14.4 Å². The smallest absolute Gasteiger partial charge is 0.335 e. The summed E-state index contributed by atoms with van der Waals surface area (Å²) in [5.41, 5.74) is 1.23. The van der Waals surface area contributed by atoms with Crippen molar-refractivity contribution in [3.8, 4) is 0 Å². The van der Waals surface area contributed by atoms with Crippen LogP contribution in [0.3, 0.4) is 0 Å². The molecule has 0 atom stereocenters. The first-order valence-corrected chi connectivity index (χ1v) is 4.96. The lowest BCUT2D eigenvalue weighted by Gasteiger charge is -1.93. The molecule has 1 rings (SSSR count). The molecule has 0 aromatic heterocycles. The Morgan fingerprint density at radius 3 is 1.58 bits per heavy atom. The summed E-state index contributed by atoms with van der Waals surface area (Å²) >= 11 is 0. The van der Waals surface area contributed by atoms with Gasteiger partial charge in [0.05, 0.1) is 5.56 Å². The summed E-state index contributed by atoms with van der Waals surface area (Å²) in [5, 5.41) is 24.1. The predicted octanol–water partition coefficient (Wildman–Crippen LogP) is 1.74. The molecule has 19 heavy (non-hydrogen) atoms. The van der Waals surface area contributed by atoms with Crippen LogP contribution in [-0.2, 0) is 9.59 Å². The van der Waals surface area contributed by atoms with Crippen molar-refractivity contribution >= 4 is 24.0 Å². The highest BCUT2D eigenvalue weighted by Gasteiger charge is 1.99. The maximum absolute atomic E-state index is 10.4. The number of rotatable bonds is 4. The first-order chi connectivity index (χ1) is 8.86. The van der Waals surface area contributed by atoms with Crippen LogP contribution in [0.1, 0.15) is 15.9 Å². The van der Waals surface area contributed by atoms with Crippen LogP contribution in [0.25, 0.3) is 6.08 Å². The molecule has 0 aliphatic carbocycles. The fourth-order valence-corrected chi connectivity index (χ4v) is 0.904. The second-order valence-electron chi connectivity index (χ2n) is 3.14. The molecule has 0 fully saturated rings. The van der Waals surface area contributed by atoms with E-state index >= 15 is 0 Å². The van der Waals surface area contributed by atoms with E-state index in [1.165, 1.54) is 0 Å². The minimum Gasteiger partial charge on any atom is -0.478 e. The third-order valence-electron chi connectivity index (χ3n) is 1.76. The minimum atomic E-state index is -1.26. The van der Waals surface area contributed by atoms with E-state index < -0.39 is 17.9 Å². The van der Waals surface area contributed by atoms with Gasteiger partial charge >= 0.3 is 17.9 Å². The van der Waals surface area contributed by atoms with Crippen molar-refractivity contribution in [3.05, 3.63) is 54.1 Å². The SMILES string of the molecule is C=Cc1ccc(C(=O)O)cc1.O=C(O)C=CC(=O)O. The van der Waals surface area contributed by atoms with Gasteiger partial charge < -0.3 is 15.3 Å². The summed E-state index contributed by atoms with van der Waals surface area (Å²) in [7, 11) is 0. The van der Waals surface area contributed by atoms with Crippen LogP contribution < -0.4 is 0 Å². The van der Waals surface area contributed by atoms with Crippen molar-refractivity contribution in [3.63, 3.8) is 0 Å². The summed E-state index contributed by atoms with van der Waals surface area (Å²) in [6, 6.07) is 6.55. The third-order valence-corrected chi connectivity index (χ3v) is 1.76. The van der Waals surface area contributed by atoms with E-state index in [0.717, 1.165) is 5.56 Å². The molecule has 0 heterocycles. The van der Waals surface area contributed by atoms with Crippen LogP contribution in [0.5, 0.6) is 0 Å². The fourth-order valence-electron chi connectivity index (χ4n) is 0.904. The van der Waals surface area contributed by atoms with E-state index in [1.54, 1.807) is 30.3 Å². The van der Waals surface area contributed by atoms with Gasteiger partial charge in [-0.3, -0.25) is 0 Å². The fraction of sp³-hybridized carbons (Fsp3) is 0. The second kappa shape index (κ2) is 8.24. The molecule has 3 N–H and O–H groups in total. The predicted molar refractivity (Wildman–Crippen MR) is 67.9 cm³/mol. The van der Waals surface area contributed by atoms with Gasteiger partial charge in [-0.1, -0.05) is 24.8 Å². The van der Waals surface area contributed by atoms with Gasteiger partial charge in [0.25, 0.3) is 0 Å². The van der Waals surface area contributed by atoms with Gasteiger partial charge in [-0.15, -0.1) is 0 Å². The maximum atomic E-state index is 10.4. The number of carboxylic acids is 3. The standard InChI is InChI=1S/C9H8O2.C4H4O4/c1-2-7-3-5-8(6-4-7)9(10)11;5-3(6)1-2-4(7)8/h2-6H,1H2,(H,10,11);1-2H,(H,5,6)(H,7,8). The normalized spacial score (nSPS) is 9.26. The molecule has 0 aliphatic heterocycles. The number of aliphatic carboxylic acids is 2. The molecule has 100 valence electrons. The van der Waals surface area contributed by atoms with Gasteiger partial charge in [0, 0.05) is 12.2 Å². The van der Waals surface area contributed by atoms with Gasteiger partial charge in [0.1, 0.15) is 0 Å². The summed E-state index contributed by atoms with van der Waals surface area (Å²) < 4.78 is 0. The number of benzene rings is 1. The van der Waals surface area contributed by atoms with E-state index in [2.05, 4.69) is 6.58 Å². The van der Waals surface area contributed by atoms with Crippen LogP contribution in [0.4, 0.5) is 0 Å². The van der Waals surface area contributed by atoms with Crippen molar-refractivity contribution in [1.82, 2.24) is 0 Å². The molecule has 0 saturated heterocycles. The number of carbonyl (C=O) groups is 3. The number of aromatic carboxylic acids is 1. The molecule has 0 aliphatic rings. The Labute approximate surface area is 108 Å². The molecule has 0 amide bonds. The Morgan fingerprint density at radius 1 is 0.895 bits per heavy atom. The highest BCUT2D eigenvalue weighted by atomic mass is 16.4. The minimum absolute atomic E-state index is 0.301. The second-order valence-corrected chi connectivity index (χ2v) is 3.14. The Kier molecular flexibility index (Phi) is 6.98. The topological polar surface area (TPSA) is 112 Å². The maximum Gasteiger partial charge on any atom is 0.335 e. The lowest BCUT2D eigenvalue weighted by Crippen LogP contribution is -1.94. The molecule has 0 saturated carbocycles. The van der Waals surface area contributed by atoms with Crippen LogP contribution in [0.2, 0.25) is 0 Å². The average Bonchev–Trinajstić information content (AvgIpc) is 2.37. The monoisotopic (exact) mass is 264 g/mol. The summed E-state index contributed by atoms with van der Waals surface area (Å²) in [4.78, 5) is 29.5. The first-order valence-electron chi connectivity index (χ1n) is 4.96. The van der Waals surface area contributed by atoms with Crippen LogP contribution >= 0.6 is 0 Å². The lowest BCUT2D eigenvalue weighted by atomic mass is 10.1. The van der Waals surface area contributed by atoms with Gasteiger partial charge in [0.15, 0.2) is 0 Å². The number of hydrogen-bond donors (Lipinski definition) is 3. The highest BCUT2D eigenvalue weighted by Crippen LogP contribution is 2.04. The lowest BCUT2D eigenvalue weighted by molar-refractivity contribution is -0.134. The van der Waals surface area contributed by atoms with Crippen molar-refractivity contribution in [2.24, 2.45) is 0 Å². The molecular weight excluding hydrogens is 252 g/mol. The van der Waals surface area contributed by atoms with Crippen molar-refractivity contribution in [1.29, 1.82) is 0 Å². The molecular formula is C13H12O6. The highest BCUT2D eigenvalue weighted by molar-refractivity contribution is 5.89. The molecule has 0 spiro atoms. The molecule has 6 heteroatoms. The molecule has 0 unspecified atom stereocenters. The van der Waals surface area contributed by atoms with E-state index in [-0.39, 0.29) is 0 Å². The number of hydrogen-bond acceptors (Lipinski definition) is 3. The Hall–Kier alpha value is -2.89. The molecule has 0 bridgehead atoms. The van der Waals surface area contributed by atoms with Crippen LogP contribution in [0.15, 0.2) is 43.0 Å². The number of carboxylic acid groups (broad SMARTS) is 3. The molecule has 1 aromatic carbocycles. The van der Waals surface area contributed by atoms with Crippen LogP contribution in [0, 0.1) is 0 Å². The summed E-state index contributed by atoms with van der Waals surface area (Å²) in [5.74, 6) is -3.42. The zero-order valence-corrected chi connectivity index (χ0v) is 9.81. The Bertz CT molecular complexity index is 482. The van der Waals surface area contributed by atoms with Crippen molar-refractivity contribution in [2.45, 2.75) is 0 Å². The van der Waals surface area contributed by atoms with Gasteiger partial charge in [-0.05, 0) is 17.7 Å². The van der Waals surface area contributed by atoms with Crippen LogP contribution in [-0.4, -0.2) is 33.2 Å². The van der Waals surface area contributed by atoms with E-state index in [4.69, 9.17) is 15.3 Å². The average molecular weight is 264 g/mol. The zero-order valence-electron chi connectivity index (χ0n) is 9.81. The summed E-state index contributed by atoms with van der Waals surface area (Å²) in [6.45, 7) is 3.56. The molecule has 1 aromatic rings. The van der Waals surface area contributed by atoms with E-state index in [1.807, 2.05) is 0 Å². The molecule has 6 nitrogen and oxygen atoms in total. The van der Waals surface area contributed by atoms with Crippen molar-refractivity contribution < 1.29 is 29.7 Å². The van der Waals surface area contributed by atoms with E-state index in [9.17, 15) is 14.4 Å². The Balaban J connectivity index is 0.000000362. The van der Waals surface area contributed by atoms with E-state index in [0.29, 0.717) is 17.7 Å². The quantitative estimate of drug-likeness (QED) is 0.714. The summed E-state index contributed by atoms with van der Waals surface area (Å²) in [6.07, 6.45) is 2.79. The largest absolute Gasteiger partial charge is 0.478 e.